The molecule has 0 saturated carbocycles. The Kier molecular flexibility index (Phi) is 3.37. The van der Waals surface area contributed by atoms with Crippen LogP contribution in [0.3, 0.4) is 0 Å². The van der Waals surface area contributed by atoms with Crippen molar-refractivity contribution < 1.29 is 4.39 Å². The Morgan fingerprint density at radius 2 is 1.79 bits per heavy atom. The van der Waals surface area contributed by atoms with Crippen LogP contribution in [0.15, 0.2) is 29.6 Å². The predicted octanol–water partition coefficient (Wildman–Crippen LogP) is 6.05. The Morgan fingerprint density at radius 1 is 1.11 bits per heavy atom. The minimum Gasteiger partial charge on any atom is -0.206 e. The highest BCUT2D eigenvalue weighted by atomic mass is 35.5. The van der Waals surface area contributed by atoms with Gasteiger partial charge in [0.1, 0.15) is 5.82 Å². The number of rotatable bonds is 2. The fourth-order valence-corrected chi connectivity index (χ4v) is 4.65. The van der Waals surface area contributed by atoms with E-state index in [4.69, 9.17) is 11.6 Å². The molecule has 0 saturated heterocycles. The fourth-order valence-electron chi connectivity index (χ4n) is 2.20. The van der Waals surface area contributed by atoms with Gasteiger partial charge in [0, 0.05) is 14.3 Å². The van der Waals surface area contributed by atoms with Crippen molar-refractivity contribution in [1.29, 1.82) is 0 Å². The summed E-state index contributed by atoms with van der Waals surface area (Å²) < 4.78 is 16.2. The summed E-state index contributed by atoms with van der Waals surface area (Å²) >= 11 is 9.98. The fraction of sp³-hybridized carbons (Fsp3) is 0.200. The molecule has 19 heavy (non-hydrogen) atoms. The molecule has 1 aromatic carbocycles. The molecule has 0 fully saturated rings. The van der Waals surface area contributed by atoms with Crippen LogP contribution in [0.4, 0.5) is 4.39 Å². The summed E-state index contributed by atoms with van der Waals surface area (Å²) in [4.78, 5) is 1.12. The summed E-state index contributed by atoms with van der Waals surface area (Å²) in [5.41, 5.74) is 2.27. The van der Waals surface area contributed by atoms with Gasteiger partial charge in [-0.1, -0.05) is 12.1 Å². The lowest BCUT2D eigenvalue weighted by Crippen LogP contribution is -1.96. The van der Waals surface area contributed by atoms with Gasteiger partial charge in [-0.3, -0.25) is 0 Å². The normalized spacial score (nSPS) is 13.1. The number of hydrogen-bond acceptors (Lipinski definition) is 2. The van der Waals surface area contributed by atoms with E-state index < -0.39 is 0 Å². The minimum absolute atomic E-state index is 0.139. The molecule has 0 nitrogen and oxygen atoms in total. The van der Waals surface area contributed by atoms with Crippen LogP contribution in [0.25, 0.3) is 9.40 Å². The van der Waals surface area contributed by atoms with Crippen molar-refractivity contribution in [3.05, 3.63) is 57.0 Å². The standard InChI is InChI=1S/C15H12ClFS2/c1-8-5-10(6-9(2)15(8)17)14(16)13-7-12-11(19-13)3-4-18-12/h3-7,14H,1-2H3. The third kappa shape index (κ3) is 2.31. The van der Waals surface area contributed by atoms with Crippen molar-refractivity contribution >= 4 is 43.7 Å². The van der Waals surface area contributed by atoms with Crippen molar-refractivity contribution in [3.8, 4) is 0 Å². The molecule has 2 heterocycles. The van der Waals surface area contributed by atoms with E-state index in [1.165, 1.54) is 9.40 Å². The van der Waals surface area contributed by atoms with Crippen molar-refractivity contribution in [2.24, 2.45) is 0 Å². The van der Waals surface area contributed by atoms with Crippen molar-refractivity contribution in [3.63, 3.8) is 0 Å². The first-order valence-electron chi connectivity index (χ1n) is 5.94. The van der Waals surface area contributed by atoms with E-state index >= 15 is 0 Å². The zero-order valence-corrected chi connectivity index (χ0v) is 12.9. The first-order valence-corrected chi connectivity index (χ1v) is 8.07. The second-order valence-electron chi connectivity index (χ2n) is 4.63. The van der Waals surface area contributed by atoms with Gasteiger partial charge in [0.25, 0.3) is 0 Å². The number of thiophene rings is 2. The average molecular weight is 311 g/mol. The molecule has 98 valence electrons. The summed E-state index contributed by atoms with van der Waals surface area (Å²) in [6.45, 7) is 3.56. The summed E-state index contributed by atoms with van der Waals surface area (Å²) in [5.74, 6) is -0.139. The van der Waals surface area contributed by atoms with E-state index in [1.54, 1.807) is 36.5 Å². The number of benzene rings is 1. The highest BCUT2D eigenvalue weighted by molar-refractivity contribution is 7.27. The maximum Gasteiger partial charge on any atom is 0.129 e. The molecule has 2 aromatic heterocycles. The summed E-state index contributed by atoms with van der Waals surface area (Å²) in [6.07, 6.45) is 0. The third-order valence-corrected chi connectivity index (χ3v) is 5.93. The molecular formula is C15H12ClFS2. The molecule has 0 aliphatic carbocycles. The Balaban J connectivity index is 2.04. The molecule has 3 rings (SSSR count). The SMILES string of the molecule is Cc1cc(C(Cl)c2cc3sccc3s2)cc(C)c1F. The van der Waals surface area contributed by atoms with E-state index in [-0.39, 0.29) is 11.2 Å². The van der Waals surface area contributed by atoms with E-state index in [9.17, 15) is 4.39 Å². The largest absolute Gasteiger partial charge is 0.206 e. The molecule has 1 unspecified atom stereocenters. The second-order valence-corrected chi connectivity index (χ2v) is 7.13. The van der Waals surface area contributed by atoms with Crippen LogP contribution in [-0.4, -0.2) is 0 Å². The van der Waals surface area contributed by atoms with Gasteiger partial charge < -0.3 is 0 Å². The van der Waals surface area contributed by atoms with Crippen LogP contribution in [-0.2, 0) is 0 Å². The van der Waals surface area contributed by atoms with Gasteiger partial charge in [-0.15, -0.1) is 34.3 Å². The predicted molar refractivity (Wildman–Crippen MR) is 83.3 cm³/mol. The highest BCUT2D eigenvalue weighted by Crippen LogP contribution is 2.39. The van der Waals surface area contributed by atoms with Crippen LogP contribution in [0.1, 0.15) is 26.9 Å². The van der Waals surface area contributed by atoms with Crippen LogP contribution in [0.5, 0.6) is 0 Å². The molecule has 0 amide bonds. The molecule has 0 N–H and O–H groups in total. The first-order chi connectivity index (χ1) is 9.06. The van der Waals surface area contributed by atoms with Gasteiger partial charge >= 0.3 is 0 Å². The molecule has 4 heteroatoms. The lowest BCUT2D eigenvalue weighted by molar-refractivity contribution is 0.608. The van der Waals surface area contributed by atoms with Crippen LogP contribution in [0.2, 0.25) is 0 Å². The summed E-state index contributed by atoms with van der Waals surface area (Å²) in [6, 6.07) is 7.93. The minimum atomic E-state index is -0.206. The summed E-state index contributed by atoms with van der Waals surface area (Å²) in [7, 11) is 0. The maximum absolute atomic E-state index is 13.7. The smallest absolute Gasteiger partial charge is 0.129 e. The van der Waals surface area contributed by atoms with E-state index in [0.717, 1.165) is 10.4 Å². The Morgan fingerprint density at radius 3 is 2.42 bits per heavy atom. The number of aryl methyl sites for hydroxylation is 2. The van der Waals surface area contributed by atoms with E-state index in [0.29, 0.717) is 11.1 Å². The van der Waals surface area contributed by atoms with Crippen molar-refractivity contribution in [2.45, 2.75) is 19.2 Å². The van der Waals surface area contributed by atoms with Crippen LogP contribution in [0, 0.1) is 19.7 Å². The van der Waals surface area contributed by atoms with E-state index in [1.807, 2.05) is 12.1 Å². The third-order valence-electron chi connectivity index (χ3n) is 3.16. The molecule has 0 radical (unpaired) electrons. The van der Waals surface area contributed by atoms with Gasteiger partial charge in [-0.05, 0) is 48.1 Å². The summed E-state index contributed by atoms with van der Waals surface area (Å²) in [5, 5.41) is 1.88. The molecule has 3 aromatic rings. The van der Waals surface area contributed by atoms with Gasteiger partial charge in [0.15, 0.2) is 0 Å². The van der Waals surface area contributed by atoms with Gasteiger partial charge in [0.2, 0.25) is 0 Å². The van der Waals surface area contributed by atoms with Gasteiger partial charge in [0.05, 0.1) is 5.38 Å². The molecule has 0 aliphatic rings. The van der Waals surface area contributed by atoms with Crippen LogP contribution < -0.4 is 0 Å². The lowest BCUT2D eigenvalue weighted by Gasteiger charge is -2.11. The quantitative estimate of drug-likeness (QED) is 0.506. The maximum atomic E-state index is 13.7. The highest BCUT2D eigenvalue weighted by Gasteiger charge is 2.16. The number of halogens is 2. The van der Waals surface area contributed by atoms with Crippen molar-refractivity contribution in [2.75, 3.05) is 0 Å². The molecule has 1 atom stereocenters. The number of fused-ring (bicyclic) bond motifs is 1. The topological polar surface area (TPSA) is 0 Å². The molecule has 0 aliphatic heterocycles. The lowest BCUT2D eigenvalue weighted by atomic mass is 10.0. The Bertz CT molecular complexity index is 690. The number of alkyl halides is 1. The van der Waals surface area contributed by atoms with Crippen molar-refractivity contribution in [1.82, 2.24) is 0 Å². The average Bonchev–Trinajstić information content (AvgIpc) is 2.94. The molecule has 0 bridgehead atoms. The monoisotopic (exact) mass is 310 g/mol. The van der Waals surface area contributed by atoms with Gasteiger partial charge in [-0.2, -0.15) is 0 Å². The second kappa shape index (κ2) is 4.89. The Labute approximate surface area is 124 Å². The first kappa shape index (κ1) is 13.1. The molecule has 0 spiro atoms. The molecular weight excluding hydrogens is 299 g/mol. The Hall–Kier alpha value is -0.900. The van der Waals surface area contributed by atoms with Crippen LogP contribution >= 0.6 is 34.3 Å². The van der Waals surface area contributed by atoms with E-state index in [2.05, 4.69) is 17.5 Å². The zero-order chi connectivity index (χ0) is 13.6. The zero-order valence-electron chi connectivity index (χ0n) is 10.5. The number of hydrogen-bond donors (Lipinski definition) is 0. The van der Waals surface area contributed by atoms with Gasteiger partial charge in [-0.25, -0.2) is 4.39 Å².